The molecular weight excluding hydrogens is 152 g/mol. The topological polar surface area (TPSA) is 13.1 Å². The van der Waals surface area contributed by atoms with E-state index in [1.807, 2.05) is 12.1 Å². The maximum atomic E-state index is 4.58. The Morgan fingerprint density at radius 3 is 1.67 bits per heavy atom. The van der Waals surface area contributed by atoms with Crippen molar-refractivity contribution >= 4 is 45.5 Å². The molecule has 0 radical (unpaired) electrons. The predicted molar refractivity (Wildman–Crippen MR) is 27.3 cm³/mol. The van der Waals surface area contributed by atoms with Crippen molar-refractivity contribution in [2.45, 2.75) is 0 Å². The molecule has 0 spiro atoms. The summed E-state index contributed by atoms with van der Waals surface area (Å²) in [6, 6.07) is 3.67. The average molecular weight is 158 g/mol. The van der Waals surface area contributed by atoms with Gasteiger partial charge in [-0.3, -0.25) is 0 Å². The first-order valence-electron chi connectivity index (χ1n) is 1.47. The minimum atomic E-state index is 0. The molecule has 0 amide bonds. The third-order valence-corrected chi connectivity index (χ3v) is 0.425. The zero-order valence-electron chi connectivity index (χ0n) is 2.72. The van der Waals surface area contributed by atoms with Gasteiger partial charge in [0.25, 0.3) is 0 Å². The largest absolute Gasteiger partial charge is 0.473 e. The quantitative estimate of drug-likeness (QED) is 0.496. The van der Waals surface area contributed by atoms with E-state index in [-0.39, 0.29) is 45.5 Å². The fraction of sp³-hybridized carbons (Fsp3) is 0. The van der Waals surface area contributed by atoms with E-state index in [2.05, 4.69) is 4.42 Å². The van der Waals surface area contributed by atoms with Gasteiger partial charge in [-0.1, -0.05) is 0 Å². The Morgan fingerprint density at radius 2 is 1.50 bits per heavy atom. The Kier molecular flexibility index (Phi) is 4.43. The van der Waals surface area contributed by atoms with Crippen LogP contribution in [0.5, 0.6) is 0 Å². The second kappa shape index (κ2) is 3.93. The van der Waals surface area contributed by atoms with Crippen LogP contribution in [0.25, 0.3) is 0 Å². The Balaban J connectivity index is 0.000000250. The smallest absolute Gasteiger partial charge is 0.0902 e. The summed E-state index contributed by atoms with van der Waals surface area (Å²) in [5, 5.41) is 0. The minimum Gasteiger partial charge on any atom is -0.473 e. The summed E-state index contributed by atoms with van der Waals surface area (Å²) < 4.78 is 4.58. The standard InChI is InChI=1S/C4H4O.Sr.2H/c1-2-4-5-3-1;;;/h1-4H;;;. The van der Waals surface area contributed by atoms with Crippen LogP contribution >= 0.6 is 0 Å². The Labute approximate surface area is 73.6 Å². The molecule has 1 rings (SSSR count). The molecule has 0 atom stereocenters. The van der Waals surface area contributed by atoms with Gasteiger partial charge >= 0.3 is 45.5 Å². The van der Waals surface area contributed by atoms with Crippen LogP contribution in [0.15, 0.2) is 29.1 Å². The van der Waals surface area contributed by atoms with Crippen molar-refractivity contribution in [2.24, 2.45) is 0 Å². The van der Waals surface area contributed by atoms with Crippen molar-refractivity contribution in [3.05, 3.63) is 24.7 Å². The average Bonchev–Trinajstić information content (AvgIpc) is 1.76. The maximum absolute atomic E-state index is 4.58. The molecule has 0 N–H and O–H groups in total. The van der Waals surface area contributed by atoms with Gasteiger partial charge in [0.2, 0.25) is 0 Å². The molecule has 0 saturated carbocycles. The van der Waals surface area contributed by atoms with Crippen molar-refractivity contribution in [3.63, 3.8) is 0 Å². The van der Waals surface area contributed by atoms with Crippen LogP contribution in [-0.2, 0) is 0 Å². The summed E-state index contributed by atoms with van der Waals surface area (Å²) in [6.07, 6.45) is 3.25. The van der Waals surface area contributed by atoms with Crippen LogP contribution < -0.4 is 0 Å². The molecule has 0 bridgehead atoms. The molecular formula is C4H6OSr. The predicted octanol–water partition coefficient (Wildman–Crippen LogP) is 0.363. The normalized spacial score (nSPS) is 6.67. The molecule has 1 nitrogen and oxygen atoms in total. The fourth-order valence-corrected chi connectivity index (χ4v) is 0.227. The molecule has 2 heteroatoms. The van der Waals surface area contributed by atoms with Gasteiger partial charge in [-0.2, -0.15) is 0 Å². The first-order chi connectivity index (χ1) is 2.50. The van der Waals surface area contributed by atoms with E-state index < -0.39 is 0 Å². The van der Waals surface area contributed by atoms with E-state index in [1.54, 1.807) is 12.5 Å². The monoisotopic (exact) mass is 158 g/mol. The van der Waals surface area contributed by atoms with E-state index >= 15 is 0 Å². The van der Waals surface area contributed by atoms with Crippen molar-refractivity contribution in [2.75, 3.05) is 0 Å². The summed E-state index contributed by atoms with van der Waals surface area (Å²) in [5.41, 5.74) is 0. The Morgan fingerprint density at radius 1 is 1.00 bits per heavy atom. The molecule has 0 fully saturated rings. The SMILES string of the molecule is [SrH2].c1ccoc1. The van der Waals surface area contributed by atoms with Gasteiger partial charge < -0.3 is 4.42 Å². The molecule has 1 aromatic heterocycles. The van der Waals surface area contributed by atoms with Crippen molar-refractivity contribution < 1.29 is 4.42 Å². The van der Waals surface area contributed by atoms with Crippen LogP contribution in [0, 0.1) is 0 Å². The van der Waals surface area contributed by atoms with E-state index in [1.165, 1.54) is 0 Å². The summed E-state index contributed by atoms with van der Waals surface area (Å²) in [4.78, 5) is 0. The van der Waals surface area contributed by atoms with Crippen molar-refractivity contribution in [3.8, 4) is 0 Å². The van der Waals surface area contributed by atoms with Gasteiger partial charge in [0.05, 0.1) is 12.5 Å². The fourth-order valence-electron chi connectivity index (χ4n) is 0.227. The molecule has 1 aromatic rings. The van der Waals surface area contributed by atoms with Gasteiger partial charge in [-0.15, -0.1) is 0 Å². The third-order valence-electron chi connectivity index (χ3n) is 0.425. The van der Waals surface area contributed by atoms with Crippen molar-refractivity contribution in [1.82, 2.24) is 0 Å². The third kappa shape index (κ3) is 2.03. The molecule has 0 aliphatic carbocycles. The zero-order valence-corrected chi connectivity index (χ0v) is 2.72. The summed E-state index contributed by atoms with van der Waals surface area (Å²) in [5.74, 6) is 0. The molecule has 0 aliphatic heterocycles. The Bertz CT molecular complexity index is 64.0. The molecule has 0 aliphatic rings. The van der Waals surface area contributed by atoms with E-state index in [0.717, 1.165) is 0 Å². The van der Waals surface area contributed by atoms with E-state index in [4.69, 9.17) is 0 Å². The van der Waals surface area contributed by atoms with Gasteiger partial charge in [-0.05, 0) is 12.1 Å². The first-order valence-corrected chi connectivity index (χ1v) is 1.47. The van der Waals surface area contributed by atoms with Gasteiger partial charge in [0.15, 0.2) is 0 Å². The maximum Gasteiger partial charge on any atom is 0.0902 e. The first kappa shape index (κ1) is 6.76. The minimum absolute atomic E-state index is 0. The number of hydrogen-bond donors (Lipinski definition) is 0. The molecule has 0 aromatic carbocycles. The zero-order chi connectivity index (χ0) is 3.54. The number of rotatable bonds is 0. The van der Waals surface area contributed by atoms with Crippen LogP contribution in [0.1, 0.15) is 0 Å². The second-order valence-corrected chi connectivity index (χ2v) is 0.793. The van der Waals surface area contributed by atoms with Gasteiger partial charge in [0, 0.05) is 0 Å². The van der Waals surface area contributed by atoms with Crippen LogP contribution in [-0.4, -0.2) is 45.5 Å². The molecule has 0 saturated heterocycles. The summed E-state index contributed by atoms with van der Waals surface area (Å²) in [7, 11) is 0. The number of hydrogen-bond acceptors (Lipinski definition) is 1. The second-order valence-electron chi connectivity index (χ2n) is 0.793. The van der Waals surface area contributed by atoms with Crippen molar-refractivity contribution in [1.29, 1.82) is 0 Å². The molecule has 0 unspecified atom stereocenters. The molecule has 1 heterocycles. The van der Waals surface area contributed by atoms with E-state index in [9.17, 15) is 0 Å². The molecule has 6 heavy (non-hydrogen) atoms. The van der Waals surface area contributed by atoms with Gasteiger partial charge in [0.1, 0.15) is 0 Å². The van der Waals surface area contributed by atoms with Gasteiger partial charge in [-0.25, -0.2) is 0 Å². The van der Waals surface area contributed by atoms with Crippen LogP contribution in [0.3, 0.4) is 0 Å². The van der Waals surface area contributed by atoms with E-state index in [0.29, 0.717) is 0 Å². The Hall–Kier alpha value is 0.761. The molecule has 30 valence electrons. The summed E-state index contributed by atoms with van der Waals surface area (Å²) in [6.45, 7) is 0. The summed E-state index contributed by atoms with van der Waals surface area (Å²) >= 11 is 0. The van der Waals surface area contributed by atoms with Crippen LogP contribution in [0.2, 0.25) is 0 Å². The number of furan rings is 1. The van der Waals surface area contributed by atoms with Crippen LogP contribution in [0.4, 0.5) is 0 Å².